The maximum Gasteiger partial charge on any atom is 0.304 e. The molecular formula is C17H24N2O2. The molecule has 0 unspecified atom stereocenters. The van der Waals surface area contributed by atoms with Crippen molar-refractivity contribution in [2.45, 2.75) is 45.6 Å². The van der Waals surface area contributed by atoms with Crippen molar-refractivity contribution in [2.24, 2.45) is 0 Å². The molecule has 4 nitrogen and oxygen atoms in total. The number of benzene rings is 1. The average Bonchev–Trinajstić information content (AvgIpc) is 2.49. The highest BCUT2D eigenvalue weighted by Crippen LogP contribution is 2.10. The molecule has 0 aliphatic heterocycles. The van der Waals surface area contributed by atoms with Crippen molar-refractivity contribution in [3.8, 4) is 6.07 Å². The Morgan fingerprint density at radius 2 is 2.10 bits per heavy atom. The zero-order valence-electron chi connectivity index (χ0n) is 12.7. The first-order valence-corrected chi connectivity index (χ1v) is 7.59. The quantitative estimate of drug-likeness (QED) is 0.670. The van der Waals surface area contributed by atoms with Gasteiger partial charge in [0.1, 0.15) is 0 Å². The maximum atomic E-state index is 10.8. The maximum absolute atomic E-state index is 10.8. The summed E-state index contributed by atoms with van der Waals surface area (Å²) in [6.45, 7) is 4.34. The SMILES string of the molecule is CCCCCCN(CCC(=O)O)Cc1cccc(C#N)c1. The molecule has 114 valence electrons. The van der Waals surface area contributed by atoms with E-state index in [1.54, 1.807) is 6.07 Å². The van der Waals surface area contributed by atoms with E-state index in [9.17, 15) is 4.79 Å². The minimum atomic E-state index is -0.765. The van der Waals surface area contributed by atoms with E-state index in [0.717, 1.165) is 18.5 Å². The highest BCUT2D eigenvalue weighted by atomic mass is 16.4. The van der Waals surface area contributed by atoms with E-state index in [1.165, 1.54) is 19.3 Å². The van der Waals surface area contributed by atoms with E-state index in [0.29, 0.717) is 18.7 Å². The molecule has 0 saturated carbocycles. The third kappa shape index (κ3) is 7.48. The van der Waals surface area contributed by atoms with Gasteiger partial charge >= 0.3 is 5.97 Å². The molecule has 0 bridgehead atoms. The minimum Gasteiger partial charge on any atom is -0.481 e. The molecule has 0 atom stereocenters. The Kier molecular flexibility index (Phi) is 8.15. The largest absolute Gasteiger partial charge is 0.481 e. The summed E-state index contributed by atoms with van der Waals surface area (Å²) in [5, 5.41) is 17.8. The van der Waals surface area contributed by atoms with Crippen molar-refractivity contribution in [1.29, 1.82) is 5.26 Å². The molecular weight excluding hydrogens is 264 g/mol. The van der Waals surface area contributed by atoms with Gasteiger partial charge in [0.25, 0.3) is 0 Å². The number of unbranched alkanes of at least 4 members (excludes halogenated alkanes) is 3. The van der Waals surface area contributed by atoms with Crippen molar-refractivity contribution in [1.82, 2.24) is 4.90 Å². The van der Waals surface area contributed by atoms with Gasteiger partial charge in [-0.05, 0) is 30.7 Å². The molecule has 21 heavy (non-hydrogen) atoms. The number of rotatable bonds is 10. The molecule has 0 fully saturated rings. The molecule has 1 N–H and O–H groups in total. The molecule has 1 aromatic carbocycles. The number of carboxylic acid groups (broad SMARTS) is 1. The zero-order valence-corrected chi connectivity index (χ0v) is 12.7. The number of hydrogen-bond acceptors (Lipinski definition) is 3. The second-order valence-electron chi connectivity index (χ2n) is 5.29. The predicted octanol–water partition coefficient (Wildman–Crippen LogP) is 3.42. The normalized spacial score (nSPS) is 10.5. The number of carboxylic acids is 1. The molecule has 4 heteroatoms. The summed E-state index contributed by atoms with van der Waals surface area (Å²) in [4.78, 5) is 12.9. The van der Waals surface area contributed by atoms with Crippen LogP contribution < -0.4 is 0 Å². The first kappa shape index (κ1) is 17.2. The fraction of sp³-hybridized carbons (Fsp3) is 0.529. The summed E-state index contributed by atoms with van der Waals surface area (Å²) in [6.07, 6.45) is 4.84. The molecule has 1 rings (SSSR count). The van der Waals surface area contributed by atoms with Gasteiger partial charge in [-0.2, -0.15) is 5.26 Å². The Bertz CT molecular complexity index is 480. The van der Waals surface area contributed by atoms with Gasteiger partial charge < -0.3 is 5.11 Å². The standard InChI is InChI=1S/C17H24N2O2/c1-2-3-4-5-10-19(11-9-17(20)21)14-16-8-6-7-15(12-16)13-18/h6-8,12H,2-5,9-11,14H2,1H3,(H,20,21). The molecule has 0 saturated heterocycles. The van der Waals surface area contributed by atoms with E-state index >= 15 is 0 Å². The van der Waals surface area contributed by atoms with Gasteiger partial charge in [0.2, 0.25) is 0 Å². The summed E-state index contributed by atoms with van der Waals surface area (Å²) in [7, 11) is 0. The number of nitriles is 1. The number of carbonyl (C=O) groups is 1. The number of hydrogen-bond donors (Lipinski definition) is 1. The number of nitrogens with zero attached hydrogens (tertiary/aromatic N) is 2. The third-order valence-corrected chi connectivity index (χ3v) is 3.43. The van der Waals surface area contributed by atoms with E-state index < -0.39 is 5.97 Å². The van der Waals surface area contributed by atoms with Gasteiger partial charge in [-0.25, -0.2) is 0 Å². The zero-order chi connectivity index (χ0) is 15.5. The fourth-order valence-electron chi connectivity index (χ4n) is 2.28. The molecule has 0 aliphatic carbocycles. The van der Waals surface area contributed by atoms with Crippen LogP contribution >= 0.6 is 0 Å². The van der Waals surface area contributed by atoms with Crippen LogP contribution in [0, 0.1) is 11.3 Å². The first-order valence-electron chi connectivity index (χ1n) is 7.59. The van der Waals surface area contributed by atoms with E-state index in [2.05, 4.69) is 17.9 Å². The third-order valence-electron chi connectivity index (χ3n) is 3.43. The van der Waals surface area contributed by atoms with E-state index in [1.807, 2.05) is 18.2 Å². The van der Waals surface area contributed by atoms with Crippen molar-refractivity contribution >= 4 is 5.97 Å². The Morgan fingerprint density at radius 1 is 1.29 bits per heavy atom. The summed E-state index contributed by atoms with van der Waals surface area (Å²) in [5.74, 6) is -0.765. The topological polar surface area (TPSA) is 64.3 Å². The monoisotopic (exact) mass is 288 g/mol. The van der Waals surface area contributed by atoms with Crippen LogP contribution in [0.5, 0.6) is 0 Å². The summed E-state index contributed by atoms with van der Waals surface area (Å²) in [6, 6.07) is 9.66. The lowest BCUT2D eigenvalue weighted by Gasteiger charge is -2.21. The lowest BCUT2D eigenvalue weighted by molar-refractivity contribution is -0.137. The van der Waals surface area contributed by atoms with Crippen LogP contribution in [0.4, 0.5) is 0 Å². The average molecular weight is 288 g/mol. The highest BCUT2D eigenvalue weighted by Gasteiger charge is 2.08. The molecule has 0 spiro atoms. The van der Waals surface area contributed by atoms with E-state index in [4.69, 9.17) is 10.4 Å². The minimum absolute atomic E-state index is 0.158. The van der Waals surface area contributed by atoms with E-state index in [-0.39, 0.29) is 6.42 Å². The van der Waals surface area contributed by atoms with Crippen LogP contribution in [0.3, 0.4) is 0 Å². The molecule has 0 aliphatic rings. The van der Waals surface area contributed by atoms with Crippen molar-refractivity contribution in [3.63, 3.8) is 0 Å². The summed E-state index contributed by atoms with van der Waals surface area (Å²) in [5.41, 5.74) is 1.71. The smallest absolute Gasteiger partial charge is 0.304 e. The molecule has 1 aromatic rings. The van der Waals surface area contributed by atoms with Crippen LogP contribution in [0.1, 0.15) is 50.2 Å². The van der Waals surface area contributed by atoms with Gasteiger partial charge in [0, 0.05) is 13.1 Å². The molecule has 0 aromatic heterocycles. The fourth-order valence-corrected chi connectivity index (χ4v) is 2.28. The summed E-state index contributed by atoms with van der Waals surface area (Å²) >= 11 is 0. The van der Waals surface area contributed by atoms with Crippen LogP contribution in [0.15, 0.2) is 24.3 Å². The number of aliphatic carboxylic acids is 1. The van der Waals surface area contributed by atoms with Crippen LogP contribution in [-0.2, 0) is 11.3 Å². The second kappa shape index (κ2) is 9.95. The lowest BCUT2D eigenvalue weighted by atomic mass is 10.1. The van der Waals surface area contributed by atoms with Crippen LogP contribution in [-0.4, -0.2) is 29.1 Å². The van der Waals surface area contributed by atoms with Crippen molar-refractivity contribution in [3.05, 3.63) is 35.4 Å². The molecule has 0 heterocycles. The van der Waals surface area contributed by atoms with Crippen molar-refractivity contribution < 1.29 is 9.90 Å². The molecule has 0 amide bonds. The van der Waals surface area contributed by atoms with Gasteiger partial charge in [-0.15, -0.1) is 0 Å². The second-order valence-corrected chi connectivity index (χ2v) is 5.29. The van der Waals surface area contributed by atoms with Gasteiger partial charge in [-0.1, -0.05) is 38.3 Å². The highest BCUT2D eigenvalue weighted by molar-refractivity contribution is 5.66. The first-order chi connectivity index (χ1) is 10.2. The Labute approximate surface area is 127 Å². The van der Waals surface area contributed by atoms with Gasteiger partial charge in [0.15, 0.2) is 0 Å². The Morgan fingerprint density at radius 3 is 2.76 bits per heavy atom. The van der Waals surface area contributed by atoms with Gasteiger partial charge in [-0.3, -0.25) is 9.69 Å². The summed E-state index contributed by atoms with van der Waals surface area (Å²) < 4.78 is 0. The Balaban J connectivity index is 2.57. The molecule has 0 radical (unpaired) electrons. The predicted molar refractivity (Wildman–Crippen MR) is 82.8 cm³/mol. The Hall–Kier alpha value is -1.86. The van der Waals surface area contributed by atoms with Crippen LogP contribution in [0.2, 0.25) is 0 Å². The van der Waals surface area contributed by atoms with Crippen molar-refractivity contribution in [2.75, 3.05) is 13.1 Å². The van der Waals surface area contributed by atoms with Crippen LogP contribution in [0.25, 0.3) is 0 Å². The lowest BCUT2D eigenvalue weighted by Crippen LogP contribution is -2.27. The van der Waals surface area contributed by atoms with Gasteiger partial charge in [0.05, 0.1) is 18.1 Å².